The van der Waals surface area contributed by atoms with Crippen LogP contribution in [0, 0.1) is 17.8 Å². The van der Waals surface area contributed by atoms with E-state index in [2.05, 4.69) is 10.3 Å². The van der Waals surface area contributed by atoms with Crippen LogP contribution in [-0.4, -0.2) is 81.0 Å². The lowest BCUT2D eigenvalue weighted by molar-refractivity contribution is -0.163. The van der Waals surface area contributed by atoms with Crippen LogP contribution in [0.2, 0.25) is 0 Å². The fourth-order valence-corrected chi connectivity index (χ4v) is 6.30. The van der Waals surface area contributed by atoms with Crippen molar-refractivity contribution < 1.29 is 29.0 Å². The molecule has 3 unspecified atom stereocenters. The zero-order valence-corrected chi connectivity index (χ0v) is 20.4. The Hall–Kier alpha value is -2.57. The summed E-state index contributed by atoms with van der Waals surface area (Å²) in [5.74, 6) is -2.37. The number of carboxylic acid groups (broad SMARTS) is 1. The number of carbonyl (C=O) groups excluding carboxylic acids is 2. The minimum absolute atomic E-state index is 0.0255. The predicted octanol–water partition coefficient (Wildman–Crippen LogP) is 0.463. The smallest absolute Gasteiger partial charge is 0.353 e. The second kappa shape index (κ2) is 9.23. The molecule has 186 valence electrons. The van der Waals surface area contributed by atoms with Gasteiger partial charge in [-0.1, -0.05) is 20.8 Å². The van der Waals surface area contributed by atoms with Gasteiger partial charge in [0.2, 0.25) is 5.91 Å². The lowest BCUT2D eigenvalue weighted by atomic mass is 9.79. The van der Waals surface area contributed by atoms with E-state index in [4.69, 9.17) is 10.2 Å². The Bertz CT molecular complexity index is 1020. The number of nitrogens with one attached hydrogen (secondary N) is 1. The van der Waals surface area contributed by atoms with E-state index >= 15 is 0 Å². The minimum Gasteiger partial charge on any atom is -0.477 e. The van der Waals surface area contributed by atoms with Gasteiger partial charge in [-0.3, -0.25) is 9.59 Å². The van der Waals surface area contributed by atoms with Crippen molar-refractivity contribution in [3.8, 4) is 0 Å². The molecule has 4 heterocycles. The number of fused-ring (bicyclic) bond motifs is 1. The number of hydrogen-bond acceptors (Lipinski definition) is 9. The lowest BCUT2D eigenvalue weighted by Crippen LogP contribution is -2.63. The molecule has 34 heavy (non-hydrogen) atoms. The van der Waals surface area contributed by atoms with Gasteiger partial charge >= 0.3 is 5.97 Å². The summed E-state index contributed by atoms with van der Waals surface area (Å²) in [6.45, 7) is 8.86. The van der Waals surface area contributed by atoms with Crippen LogP contribution in [0.1, 0.15) is 38.2 Å². The average molecular weight is 494 g/mol. The van der Waals surface area contributed by atoms with Crippen LogP contribution < -0.4 is 16.0 Å². The number of anilines is 1. The predicted molar refractivity (Wildman–Crippen MR) is 125 cm³/mol. The Morgan fingerprint density at radius 2 is 2.03 bits per heavy atom. The van der Waals surface area contributed by atoms with Crippen molar-refractivity contribution in [2.45, 2.75) is 51.1 Å². The van der Waals surface area contributed by atoms with Crippen molar-refractivity contribution >= 4 is 35.6 Å². The molecule has 4 rings (SSSR count). The van der Waals surface area contributed by atoms with Gasteiger partial charge in [-0.15, -0.1) is 11.8 Å². The Morgan fingerprint density at radius 3 is 2.59 bits per heavy atom. The summed E-state index contributed by atoms with van der Waals surface area (Å²) < 4.78 is 5.49. The molecule has 2 amide bonds. The molecule has 3 aliphatic heterocycles. The fraction of sp³-hybridized carbons (Fsp3) is 0.636. The van der Waals surface area contributed by atoms with Gasteiger partial charge in [0, 0.05) is 41.7 Å². The normalized spacial score (nSPS) is 26.3. The van der Waals surface area contributed by atoms with Crippen molar-refractivity contribution in [2.75, 3.05) is 24.5 Å². The summed E-state index contributed by atoms with van der Waals surface area (Å²) in [6.07, 6.45) is 0.488. The Balaban J connectivity index is 1.38. The Kier molecular flexibility index (Phi) is 6.67. The van der Waals surface area contributed by atoms with Gasteiger partial charge in [-0.25, -0.2) is 4.79 Å². The van der Waals surface area contributed by atoms with Gasteiger partial charge in [-0.2, -0.15) is 4.98 Å². The molecule has 12 heteroatoms. The van der Waals surface area contributed by atoms with E-state index < -0.39 is 18.0 Å². The molecule has 0 saturated carbocycles. The number of nitrogens with two attached hydrogens (primary N) is 1. The molecule has 5 atom stereocenters. The summed E-state index contributed by atoms with van der Waals surface area (Å²) in [4.78, 5) is 45.0. The van der Waals surface area contributed by atoms with E-state index in [-0.39, 0.29) is 52.4 Å². The summed E-state index contributed by atoms with van der Waals surface area (Å²) in [7, 11) is 0. The van der Waals surface area contributed by atoms with E-state index in [1.165, 1.54) is 22.9 Å². The highest BCUT2D eigenvalue weighted by Crippen LogP contribution is 2.52. The van der Waals surface area contributed by atoms with Crippen LogP contribution >= 0.6 is 11.8 Å². The van der Waals surface area contributed by atoms with Gasteiger partial charge in [0.05, 0.1) is 18.1 Å². The molecular formula is C22H31N5O6S. The van der Waals surface area contributed by atoms with Crippen LogP contribution in [0.25, 0.3) is 0 Å². The number of thioether (sulfide) groups is 1. The maximum Gasteiger partial charge on any atom is 0.353 e. The quantitative estimate of drug-likeness (QED) is 0.356. The first-order valence-corrected chi connectivity index (χ1v) is 12.3. The number of carbonyl (C=O) groups is 3. The number of aliphatic carboxylic acids is 1. The number of amides is 2. The zero-order chi connectivity index (χ0) is 24.9. The molecule has 5 N–H and O–H groups in total. The molecule has 1 aromatic heterocycles. The molecule has 0 bridgehead atoms. The van der Waals surface area contributed by atoms with Crippen molar-refractivity contribution in [1.29, 1.82) is 0 Å². The monoisotopic (exact) mass is 493 g/mol. The maximum absolute atomic E-state index is 12.5. The van der Waals surface area contributed by atoms with E-state index in [1.807, 2.05) is 25.7 Å². The number of aliphatic hydroxyl groups excluding tert-OH is 1. The summed E-state index contributed by atoms with van der Waals surface area (Å²) in [5.41, 5.74) is 5.92. The van der Waals surface area contributed by atoms with Crippen LogP contribution in [-0.2, 0) is 9.59 Å². The molecule has 2 saturated heterocycles. The number of aliphatic hydroxyl groups is 1. The molecule has 2 fully saturated rings. The lowest BCUT2D eigenvalue weighted by Gasteiger charge is -2.46. The van der Waals surface area contributed by atoms with Gasteiger partial charge in [0.1, 0.15) is 12.0 Å². The Morgan fingerprint density at radius 1 is 1.35 bits per heavy atom. The third-order valence-corrected chi connectivity index (χ3v) is 8.27. The highest BCUT2D eigenvalue weighted by Gasteiger charge is 2.60. The molecule has 3 aliphatic rings. The van der Waals surface area contributed by atoms with Crippen LogP contribution in [0.5, 0.6) is 0 Å². The molecule has 0 spiro atoms. The van der Waals surface area contributed by atoms with Crippen molar-refractivity contribution in [3.63, 3.8) is 0 Å². The maximum atomic E-state index is 12.5. The first-order chi connectivity index (χ1) is 16.0. The molecule has 0 aliphatic carbocycles. The second-order valence-electron chi connectivity index (χ2n) is 9.49. The zero-order valence-electron chi connectivity index (χ0n) is 19.6. The number of carboxylic acids is 1. The van der Waals surface area contributed by atoms with Crippen LogP contribution in [0.15, 0.2) is 21.3 Å². The second-order valence-corrected chi connectivity index (χ2v) is 10.8. The topological polar surface area (TPSA) is 162 Å². The van der Waals surface area contributed by atoms with E-state index in [9.17, 15) is 24.6 Å². The number of aromatic nitrogens is 1. The summed E-state index contributed by atoms with van der Waals surface area (Å²) in [6, 6.07) is -0.155. The number of oxazole rings is 1. The number of β-lactam (4-membered cyclic amide) rings is 1. The Labute approximate surface area is 201 Å². The van der Waals surface area contributed by atoms with Crippen molar-refractivity contribution in [2.24, 2.45) is 23.5 Å². The standard InChI is InChI=1S/C22H31N5O6S/c1-9(2)13(5-23)24-19(29)14-8-33-22(25-14)26-6-12(7-26)34-18-10(3)16-15(11(4)28)20(30)27(16)17(18)21(31)32/h8-13,15-16,28H,5-7,23H2,1-4H3,(H,24,29)(H,31,32)/t10-,11-,13?,15?,16?/m1/s1. The minimum atomic E-state index is -1.13. The average Bonchev–Trinajstić information content (AvgIpc) is 3.30. The molecular weight excluding hydrogens is 462 g/mol. The molecule has 0 aromatic carbocycles. The SMILES string of the molecule is CC(C)C(CN)NC(=O)c1coc(N2CC(SC3=C(C(=O)O)N4C(=O)C([C@@H](C)O)C4[C@H]3C)C2)n1. The third-order valence-electron chi connectivity index (χ3n) is 6.82. The van der Waals surface area contributed by atoms with Gasteiger partial charge in [0.25, 0.3) is 11.9 Å². The first kappa shape index (κ1) is 24.6. The number of hydrogen-bond donors (Lipinski definition) is 4. The van der Waals surface area contributed by atoms with Crippen molar-refractivity contribution in [1.82, 2.24) is 15.2 Å². The van der Waals surface area contributed by atoms with E-state index in [1.54, 1.807) is 6.92 Å². The van der Waals surface area contributed by atoms with Crippen LogP contribution in [0.3, 0.4) is 0 Å². The van der Waals surface area contributed by atoms with Crippen LogP contribution in [0.4, 0.5) is 6.01 Å². The molecule has 11 nitrogen and oxygen atoms in total. The molecule has 1 aromatic rings. The van der Waals surface area contributed by atoms with Gasteiger partial charge in [0.15, 0.2) is 5.69 Å². The summed E-state index contributed by atoms with van der Waals surface area (Å²) in [5, 5.41) is 22.7. The number of rotatable bonds is 9. The first-order valence-electron chi connectivity index (χ1n) is 11.4. The largest absolute Gasteiger partial charge is 0.477 e. The highest BCUT2D eigenvalue weighted by molar-refractivity contribution is 8.03. The van der Waals surface area contributed by atoms with Crippen molar-refractivity contribution in [3.05, 3.63) is 22.6 Å². The van der Waals surface area contributed by atoms with E-state index in [0.29, 0.717) is 30.6 Å². The number of nitrogens with zero attached hydrogens (tertiary/aromatic N) is 3. The van der Waals surface area contributed by atoms with E-state index in [0.717, 1.165) is 0 Å². The molecule has 0 radical (unpaired) electrons. The van der Waals surface area contributed by atoms with Gasteiger partial charge < -0.3 is 35.5 Å². The summed E-state index contributed by atoms with van der Waals surface area (Å²) >= 11 is 1.45. The third kappa shape index (κ3) is 4.07. The highest BCUT2D eigenvalue weighted by atomic mass is 32.2. The fourth-order valence-electron chi connectivity index (χ4n) is 4.78. The van der Waals surface area contributed by atoms with Gasteiger partial charge in [-0.05, 0) is 12.8 Å².